The van der Waals surface area contributed by atoms with Gasteiger partial charge >= 0.3 is 5.97 Å². The third-order valence-electron chi connectivity index (χ3n) is 8.03. The lowest BCUT2D eigenvalue weighted by Crippen LogP contribution is -2.40. The Kier molecular flexibility index (Phi) is 9.31. The first kappa shape index (κ1) is 30.1. The molecule has 5 nitrogen and oxygen atoms in total. The van der Waals surface area contributed by atoms with Crippen LogP contribution in [0.3, 0.4) is 0 Å². The highest BCUT2D eigenvalue weighted by molar-refractivity contribution is 6.08. The predicted molar refractivity (Wildman–Crippen MR) is 165 cm³/mol. The summed E-state index contributed by atoms with van der Waals surface area (Å²) in [5, 5.41) is 2.98. The lowest BCUT2D eigenvalue weighted by atomic mass is 9.88. The molecule has 0 aliphatic carbocycles. The van der Waals surface area contributed by atoms with Crippen molar-refractivity contribution in [3.05, 3.63) is 125 Å². The minimum absolute atomic E-state index is 0.0704. The van der Waals surface area contributed by atoms with Gasteiger partial charge in [-0.3, -0.25) is 9.69 Å². The molecule has 0 radical (unpaired) electrons. The molecular weight excluding hydrogens is 546 g/mol. The number of esters is 1. The molecule has 1 N–H and O–H groups in total. The van der Waals surface area contributed by atoms with E-state index in [9.17, 15) is 18.4 Å². The predicted octanol–water partition coefficient (Wildman–Crippen LogP) is 8.20. The Balaban J connectivity index is 1.23. The lowest BCUT2D eigenvalue weighted by Gasteiger charge is -2.36. The van der Waals surface area contributed by atoms with Gasteiger partial charge in [0.15, 0.2) is 0 Å². The molecule has 1 aliphatic rings. The van der Waals surface area contributed by atoms with Crippen LogP contribution < -0.4 is 5.32 Å². The molecule has 4 aromatic rings. The number of nitrogens with one attached hydrogen (secondary N) is 1. The quantitative estimate of drug-likeness (QED) is 0.202. The van der Waals surface area contributed by atoms with E-state index in [0.717, 1.165) is 38.4 Å². The normalized spacial score (nSPS) is 15.1. The zero-order chi connectivity index (χ0) is 30.4. The van der Waals surface area contributed by atoms with E-state index in [-0.39, 0.29) is 17.4 Å². The van der Waals surface area contributed by atoms with Crippen LogP contribution in [0.25, 0.3) is 11.1 Å². The van der Waals surface area contributed by atoms with E-state index in [0.29, 0.717) is 34.9 Å². The zero-order valence-corrected chi connectivity index (χ0v) is 24.4. The summed E-state index contributed by atoms with van der Waals surface area (Å²) in [5.41, 5.74) is 4.57. The molecule has 222 valence electrons. The number of anilines is 1. The Bertz CT molecular complexity index is 1530. The fourth-order valence-corrected chi connectivity index (χ4v) is 5.76. The van der Waals surface area contributed by atoms with Crippen LogP contribution in [-0.2, 0) is 15.5 Å². The van der Waals surface area contributed by atoms with Crippen LogP contribution >= 0.6 is 0 Å². The number of ether oxygens (including phenoxy) is 1. The number of piperidine rings is 1. The van der Waals surface area contributed by atoms with Crippen LogP contribution in [0.4, 0.5) is 14.5 Å². The number of carbonyl (C=O) groups excluding carboxylic acids is 2. The van der Waals surface area contributed by atoms with Gasteiger partial charge in [0.25, 0.3) is 11.8 Å². The standard InChI is InChI=1S/C36H36F2N2O3/c1-3-43-35(42)33(28-9-5-4-6-10-28)40-23-21-26(22-24-40)25-15-19-30(20-16-25)39-34(41)32-12-8-7-11-31(32)27-13-17-29(18-14-27)36(2,37)38/h4-20,26,33H,3,21-24H2,1-2H3,(H,39,41). The molecule has 0 bridgehead atoms. The van der Waals surface area contributed by atoms with Crippen LogP contribution in [0.2, 0.25) is 0 Å². The second-order valence-corrected chi connectivity index (χ2v) is 11.0. The summed E-state index contributed by atoms with van der Waals surface area (Å²) in [4.78, 5) is 28.3. The summed E-state index contributed by atoms with van der Waals surface area (Å²) in [6.07, 6.45) is 1.81. The molecule has 1 aliphatic heterocycles. The Morgan fingerprint density at radius 1 is 0.884 bits per heavy atom. The minimum atomic E-state index is -2.92. The Morgan fingerprint density at radius 3 is 2.14 bits per heavy atom. The molecule has 1 atom stereocenters. The van der Waals surface area contributed by atoms with Gasteiger partial charge in [0, 0.05) is 23.7 Å². The second-order valence-electron chi connectivity index (χ2n) is 11.0. The molecule has 5 rings (SSSR count). The van der Waals surface area contributed by atoms with E-state index in [4.69, 9.17) is 4.74 Å². The lowest BCUT2D eigenvalue weighted by molar-refractivity contribution is -0.150. The number of carbonyl (C=O) groups is 2. The van der Waals surface area contributed by atoms with Gasteiger partial charge in [-0.05, 0) is 79.2 Å². The first-order valence-corrected chi connectivity index (χ1v) is 14.7. The molecule has 1 saturated heterocycles. The van der Waals surface area contributed by atoms with Crippen LogP contribution in [0, 0.1) is 0 Å². The molecule has 1 heterocycles. The minimum Gasteiger partial charge on any atom is -0.465 e. The first-order chi connectivity index (χ1) is 20.7. The van der Waals surface area contributed by atoms with E-state index in [1.54, 1.807) is 24.3 Å². The third-order valence-corrected chi connectivity index (χ3v) is 8.03. The highest BCUT2D eigenvalue weighted by Gasteiger charge is 2.32. The van der Waals surface area contributed by atoms with Crippen LogP contribution in [0.5, 0.6) is 0 Å². The van der Waals surface area contributed by atoms with Gasteiger partial charge in [-0.1, -0.05) is 84.9 Å². The fraction of sp³-hybridized carbons (Fsp3) is 0.278. The van der Waals surface area contributed by atoms with Crippen molar-refractivity contribution in [2.24, 2.45) is 0 Å². The number of hydrogen-bond donors (Lipinski definition) is 1. The van der Waals surface area contributed by atoms with Crippen molar-refractivity contribution >= 4 is 17.6 Å². The van der Waals surface area contributed by atoms with Crippen molar-refractivity contribution < 1.29 is 23.1 Å². The molecule has 1 fully saturated rings. The molecule has 1 unspecified atom stereocenters. The molecule has 0 saturated carbocycles. The molecule has 43 heavy (non-hydrogen) atoms. The number of alkyl halides is 2. The van der Waals surface area contributed by atoms with Crippen LogP contribution in [0.15, 0.2) is 103 Å². The van der Waals surface area contributed by atoms with Gasteiger partial charge in [0.2, 0.25) is 0 Å². The first-order valence-electron chi connectivity index (χ1n) is 14.7. The molecule has 0 aromatic heterocycles. The largest absolute Gasteiger partial charge is 0.465 e. The molecule has 0 spiro atoms. The average Bonchev–Trinajstić information content (AvgIpc) is 3.02. The highest BCUT2D eigenvalue weighted by Crippen LogP contribution is 2.34. The highest BCUT2D eigenvalue weighted by atomic mass is 19.3. The van der Waals surface area contributed by atoms with Crippen LogP contribution in [-0.4, -0.2) is 36.5 Å². The van der Waals surface area contributed by atoms with Gasteiger partial charge < -0.3 is 10.1 Å². The van der Waals surface area contributed by atoms with E-state index >= 15 is 0 Å². The molecule has 7 heteroatoms. The maximum Gasteiger partial charge on any atom is 0.327 e. The Morgan fingerprint density at radius 2 is 1.51 bits per heavy atom. The van der Waals surface area contributed by atoms with Crippen molar-refractivity contribution in [2.45, 2.75) is 44.6 Å². The summed E-state index contributed by atoms with van der Waals surface area (Å²) in [6.45, 7) is 4.59. The van der Waals surface area contributed by atoms with E-state index in [1.807, 2.05) is 73.7 Å². The van der Waals surface area contributed by atoms with Gasteiger partial charge in [-0.15, -0.1) is 0 Å². The summed E-state index contributed by atoms with van der Waals surface area (Å²) in [6, 6.07) is 30.5. The van der Waals surface area contributed by atoms with Crippen molar-refractivity contribution in [1.82, 2.24) is 4.90 Å². The van der Waals surface area contributed by atoms with Crippen molar-refractivity contribution in [1.29, 1.82) is 0 Å². The van der Waals surface area contributed by atoms with Gasteiger partial charge in [-0.25, -0.2) is 13.6 Å². The second kappa shape index (κ2) is 13.3. The van der Waals surface area contributed by atoms with Crippen molar-refractivity contribution in [2.75, 3.05) is 25.0 Å². The number of amides is 1. The summed E-state index contributed by atoms with van der Waals surface area (Å²) in [7, 11) is 0. The number of nitrogens with zero attached hydrogens (tertiary/aromatic N) is 1. The van der Waals surface area contributed by atoms with Crippen molar-refractivity contribution in [3.8, 4) is 11.1 Å². The Labute approximate surface area is 251 Å². The Hall–Kier alpha value is -4.36. The smallest absolute Gasteiger partial charge is 0.327 e. The van der Waals surface area contributed by atoms with Gasteiger partial charge in [0.1, 0.15) is 6.04 Å². The number of rotatable bonds is 9. The zero-order valence-electron chi connectivity index (χ0n) is 24.4. The monoisotopic (exact) mass is 582 g/mol. The van der Waals surface area contributed by atoms with Gasteiger partial charge in [0.05, 0.1) is 6.61 Å². The van der Waals surface area contributed by atoms with E-state index < -0.39 is 12.0 Å². The maximum atomic E-state index is 13.7. The molecule has 4 aromatic carbocycles. The topological polar surface area (TPSA) is 58.6 Å². The van der Waals surface area contributed by atoms with E-state index in [2.05, 4.69) is 10.2 Å². The third kappa shape index (κ3) is 7.17. The maximum absolute atomic E-state index is 13.7. The van der Waals surface area contributed by atoms with Crippen molar-refractivity contribution in [3.63, 3.8) is 0 Å². The van der Waals surface area contributed by atoms with E-state index in [1.165, 1.54) is 17.7 Å². The summed E-state index contributed by atoms with van der Waals surface area (Å²) < 4.78 is 32.7. The summed E-state index contributed by atoms with van der Waals surface area (Å²) in [5.74, 6) is -3.06. The average molecular weight is 583 g/mol. The SMILES string of the molecule is CCOC(=O)C(c1ccccc1)N1CCC(c2ccc(NC(=O)c3ccccc3-c3ccc(C(C)(F)F)cc3)cc2)CC1. The van der Waals surface area contributed by atoms with Gasteiger partial charge in [-0.2, -0.15) is 0 Å². The summed E-state index contributed by atoms with van der Waals surface area (Å²) >= 11 is 0. The number of likely N-dealkylation sites (tertiary alicyclic amines) is 1. The number of halogens is 2. The molecular formula is C36H36F2N2O3. The molecule has 1 amide bonds. The fourth-order valence-electron chi connectivity index (χ4n) is 5.76. The number of benzene rings is 4. The van der Waals surface area contributed by atoms with Crippen LogP contribution in [0.1, 0.15) is 65.7 Å². The number of hydrogen-bond acceptors (Lipinski definition) is 4.